The van der Waals surface area contributed by atoms with Crippen LogP contribution in [0.1, 0.15) is 17.7 Å². The molecule has 0 amide bonds. The summed E-state index contributed by atoms with van der Waals surface area (Å²) in [5.74, 6) is -1.04. The summed E-state index contributed by atoms with van der Waals surface area (Å²) in [4.78, 5) is 39.0. The second-order valence-corrected chi connectivity index (χ2v) is 5.25. The highest BCUT2D eigenvalue weighted by atomic mass is 16.4. The monoisotopic (exact) mass is 302 g/mol. The molecule has 0 saturated heterocycles. The second kappa shape index (κ2) is 4.83. The molecule has 0 saturated carbocycles. The Bertz CT molecular complexity index is 906. The molecule has 8 heteroatoms. The zero-order valence-electron chi connectivity index (χ0n) is 11.9. The topological polar surface area (TPSA) is 120 Å². The van der Waals surface area contributed by atoms with Crippen LogP contribution in [0.25, 0.3) is 17.5 Å². The summed E-state index contributed by atoms with van der Waals surface area (Å²) in [7, 11) is 1.70. The van der Waals surface area contributed by atoms with Crippen molar-refractivity contribution in [2.45, 2.75) is 19.4 Å². The third-order valence-electron chi connectivity index (χ3n) is 3.77. The van der Waals surface area contributed by atoms with Gasteiger partial charge in [-0.2, -0.15) is 4.98 Å². The van der Waals surface area contributed by atoms with Crippen molar-refractivity contribution in [3.8, 4) is 11.4 Å². The van der Waals surface area contributed by atoms with Gasteiger partial charge in [0, 0.05) is 18.4 Å². The molecule has 3 N–H and O–H groups in total. The minimum Gasteiger partial charge on any atom is -0.480 e. The molecule has 0 bridgehead atoms. The van der Waals surface area contributed by atoms with Crippen LogP contribution in [-0.2, 0) is 24.8 Å². The number of fused-ring (bicyclic) bond motifs is 2. The number of carboxylic acids is 1. The number of pyridine rings is 1. The highest BCUT2D eigenvalue weighted by Gasteiger charge is 2.22. The van der Waals surface area contributed by atoms with Crippen molar-refractivity contribution in [1.82, 2.24) is 14.1 Å². The quantitative estimate of drug-likeness (QED) is 0.762. The normalized spacial score (nSPS) is 13.8. The fourth-order valence-electron chi connectivity index (χ4n) is 2.69. The Balaban J connectivity index is 2.36. The largest absolute Gasteiger partial charge is 0.480 e. The van der Waals surface area contributed by atoms with Gasteiger partial charge in [0.05, 0.1) is 5.56 Å². The van der Waals surface area contributed by atoms with Gasteiger partial charge in [-0.05, 0) is 30.5 Å². The van der Waals surface area contributed by atoms with Gasteiger partial charge in [0.1, 0.15) is 6.54 Å². The van der Waals surface area contributed by atoms with Crippen molar-refractivity contribution >= 4 is 12.0 Å². The minimum atomic E-state index is -1.27. The van der Waals surface area contributed by atoms with E-state index >= 15 is 0 Å². The highest BCUT2D eigenvalue weighted by molar-refractivity contribution is 5.68. The molecule has 0 unspecified atom stereocenters. The van der Waals surface area contributed by atoms with E-state index in [2.05, 4.69) is 4.98 Å². The lowest BCUT2D eigenvalue weighted by molar-refractivity contribution is -0.137. The Hall–Kier alpha value is -2.90. The molecule has 0 aromatic rings. The average Bonchev–Trinajstić information content (AvgIpc) is 2.45. The van der Waals surface area contributed by atoms with Gasteiger partial charge < -0.3 is 15.4 Å². The van der Waals surface area contributed by atoms with Gasteiger partial charge in [-0.25, -0.2) is 9.36 Å². The molecular formula is C14H14N4O4. The standard InChI is InChI=1S/C14H14N4O4/c1-17-10-5-8(15)3-2-7(10)4-9-12(17)16-14(22)18(13(9)21)6-11(19)20/h4-5H,2-3,6,15H2,1H3,(H,19,20). The van der Waals surface area contributed by atoms with Crippen LogP contribution in [0.15, 0.2) is 21.4 Å². The maximum Gasteiger partial charge on any atom is 0.353 e. The van der Waals surface area contributed by atoms with E-state index in [9.17, 15) is 14.4 Å². The van der Waals surface area contributed by atoms with E-state index in [4.69, 9.17) is 10.8 Å². The molecule has 2 aliphatic heterocycles. The number of hydrogen-bond donors (Lipinski definition) is 2. The lowest BCUT2D eigenvalue weighted by Gasteiger charge is -2.21. The lowest BCUT2D eigenvalue weighted by atomic mass is 9.97. The zero-order chi connectivity index (χ0) is 16.0. The first-order valence-electron chi connectivity index (χ1n) is 6.70. The van der Waals surface area contributed by atoms with E-state index < -0.39 is 23.8 Å². The van der Waals surface area contributed by atoms with E-state index in [1.54, 1.807) is 23.8 Å². The Morgan fingerprint density at radius 1 is 1.41 bits per heavy atom. The van der Waals surface area contributed by atoms with E-state index in [1.807, 2.05) is 0 Å². The maximum atomic E-state index is 12.4. The Morgan fingerprint density at radius 3 is 2.82 bits per heavy atom. The molecule has 0 fully saturated rings. The van der Waals surface area contributed by atoms with Gasteiger partial charge in [-0.15, -0.1) is 0 Å². The van der Waals surface area contributed by atoms with Gasteiger partial charge in [-0.1, -0.05) is 0 Å². The summed E-state index contributed by atoms with van der Waals surface area (Å²) < 4.78 is 2.27. The number of aryl methyl sites for hydroxylation is 1. The average molecular weight is 302 g/mol. The SMILES string of the molecule is Cn1c2nc(=O)n(CC(=O)O)c(=O)c-2cc2c1C=C(N)CC2. The first-order valence-corrected chi connectivity index (χ1v) is 6.70. The van der Waals surface area contributed by atoms with Crippen molar-refractivity contribution in [2.24, 2.45) is 12.8 Å². The van der Waals surface area contributed by atoms with Crippen LogP contribution in [0.2, 0.25) is 0 Å². The van der Waals surface area contributed by atoms with Crippen LogP contribution in [0.3, 0.4) is 0 Å². The number of nitrogens with zero attached hydrogens (tertiary/aromatic N) is 3. The molecule has 0 aromatic carbocycles. The maximum absolute atomic E-state index is 12.4. The number of nitrogens with two attached hydrogens (primary N) is 1. The summed E-state index contributed by atoms with van der Waals surface area (Å²) in [5, 5.41) is 8.81. The number of hydrogen-bond acceptors (Lipinski definition) is 5. The fourth-order valence-corrected chi connectivity index (χ4v) is 2.69. The van der Waals surface area contributed by atoms with Crippen LogP contribution in [0.5, 0.6) is 0 Å². The molecule has 3 rings (SSSR count). The first-order chi connectivity index (χ1) is 10.4. The molecule has 1 aliphatic carbocycles. The number of allylic oxidation sites excluding steroid dienone is 1. The molecule has 0 spiro atoms. The zero-order valence-corrected chi connectivity index (χ0v) is 11.9. The molecule has 22 heavy (non-hydrogen) atoms. The summed E-state index contributed by atoms with van der Waals surface area (Å²) in [6, 6.07) is 1.67. The third-order valence-corrected chi connectivity index (χ3v) is 3.77. The molecule has 0 atom stereocenters. The van der Waals surface area contributed by atoms with Gasteiger partial charge in [0.15, 0.2) is 5.82 Å². The summed E-state index contributed by atoms with van der Waals surface area (Å²) in [6.07, 6.45) is 3.17. The second-order valence-electron chi connectivity index (χ2n) is 5.25. The van der Waals surface area contributed by atoms with E-state index in [0.717, 1.165) is 17.0 Å². The minimum absolute atomic E-state index is 0.223. The smallest absolute Gasteiger partial charge is 0.353 e. The van der Waals surface area contributed by atoms with Gasteiger partial charge in [-0.3, -0.25) is 9.59 Å². The number of carboxylic acid groups (broad SMARTS) is 1. The predicted octanol–water partition coefficient (Wildman–Crippen LogP) is -0.623. The van der Waals surface area contributed by atoms with E-state index in [1.165, 1.54) is 0 Å². The number of aromatic nitrogens is 3. The lowest BCUT2D eigenvalue weighted by Crippen LogP contribution is -2.40. The molecule has 3 aliphatic rings. The van der Waals surface area contributed by atoms with E-state index in [0.29, 0.717) is 17.4 Å². The third kappa shape index (κ3) is 2.09. The molecule has 8 nitrogen and oxygen atoms in total. The van der Waals surface area contributed by atoms with Crippen molar-refractivity contribution in [3.63, 3.8) is 0 Å². The molecular weight excluding hydrogens is 288 g/mol. The summed E-state index contributed by atoms with van der Waals surface area (Å²) in [6.45, 7) is -0.700. The van der Waals surface area contributed by atoms with Crippen LogP contribution >= 0.6 is 0 Å². The van der Waals surface area contributed by atoms with Crippen molar-refractivity contribution < 1.29 is 9.90 Å². The van der Waals surface area contributed by atoms with Crippen molar-refractivity contribution in [2.75, 3.05) is 0 Å². The molecule has 0 radical (unpaired) electrons. The summed E-state index contributed by atoms with van der Waals surface area (Å²) in [5.41, 5.74) is 7.01. The molecule has 0 aromatic heterocycles. The predicted molar refractivity (Wildman–Crippen MR) is 78.5 cm³/mol. The number of rotatable bonds is 2. The first kappa shape index (κ1) is 14.1. The fraction of sp³-hybridized carbons (Fsp3) is 0.286. The Labute approximate surface area is 124 Å². The highest BCUT2D eigenvalue weighted by Crippen LogP contribution is 2.26. The Kier molecular flexibility index (Phi) is 3.09. The van der Waals surface area contributed by atoms with Crippen LogP contribution in [0.4, 0.5) is 0 Å². The van der Waals surface area contributed by atoms with E-state index in [-0.39, 0.29) is 11.4 Å². The number of aliphatic carboxylic acids is 1. The van der Waals surface area contributed by atoms with Gasteiger partial charge >= 0.3 is 11.7 Å². The van der Waals surface area contributed by atoms with Crippen molar-refractivity contribution in [3.05, 3.63) is 43.9 Å². The molecule has 114 valence electrons. The van der Waals surface area contributed by atoms with Crippen LogP contribution < -0.4 is 17.0 Å². The van der Waals surface area contributed by atoms with Crippen LogP contribution in [0, 0.1) is 0 Å². The van der Waals surface area contributed by atoms with Crippen molar-refractivity contribution in [1.29, 1.82) is 0 Å². The Morgan fingerprint density at radius 2 is 2.14 bits per heavy atom. The number of carbonyl (C=O) groups is 1. The van der Waals surface area contributed by atoms with Gasteiger partial charge in [0.25, 0.3) is 5.56 Å². The molecule has 2 heterocycles. The van der Waals surface area contributed by atoms with Gasteiger partial charge in [0.2, 0.25) is 0 Å². The van der Waals surface area contributed by atoms with Crippen LogP contribution in [-0.4, -0.2) is 25.2 Å². The summed E-state index contributed by atoms with van der Waals surface area (Å²) >= 11 is 0.